The number of furan rings is 1. The van der Waals surface area contributed by atoms with E-state index in [0.29, 0.717) is 23.7 Å². The smallest absolute Gasteiger partial charge is 0.296 e. The summed E-state index contributed by atoms with van der Waals surface area (Å²) in [7, 11) is -1.51. The second kappa shape index (κ2) is 16.8. The van der Waals surface area contributed by atoms with Crippen molar-refractivity contribution in [2.45, 2.75) is 223 Å². The van der Waals surface area contributed by atoms with Gasteiger partial charge in [-0.2, -0.15) is 0 Å². The van der Waals surface area contributed by atoms with Crippen LogP contribution in [0.15, 0.2) is 117 Å². The third-order valence-electron chi connectivity index (χ3n) is 23.6. The van der Waals surface area contributed by atoms with Crippen molar-refractivity contribution < 1.29 is 4.42 Å². The maximum Gasteiger partial charge on any atom is 0.296 e. The van der Waals surface area contributed by atoms with Crippen molar-refractivity contribution in [1.82, 2.24) is 0 Å². The zero-order valence-corrected chi connectivity index (χ0v) is 53.8. The van der Waals surface area contributed by atoms with Crippen molar-refractivity contribution in [3.05, 3.63) is 140 Å². The van der Waals surface area contributed by atoms with Crippen LogP contribution in [0.1, 0.15) is 203 Å². The van der Waals surface area contributed by atoms with Gasteiger partial charge in [-0.15, -0.1) is 0 Å². The summed E-state index contributed by atoms with van der Waals surface area (Å²) in [5.41, 5.74) is 24.5. The summed E-state index contributed by atoms with van der Waals surface area (Å²) in [4.78, 5) is 5.66. The molecule has 4 atom stereocenters. The lowest BCUT2D eigenvalue weighted by Crippen LogP contribution is -2.57. The molecule has 7 aliphatic carbocycles. The number of benzene rings is 3. The fourth-order valence-corrected chi connectivity index (χ4v) is 18.9. The standard InChI is InChI=1S/C74H97BN2OSi/c1-44-35-61-64-62(36-44)77(59-41-55-52(69(6,7)29-32-72(55,12)13)38-48(59)45-21-24-47(25-22-45)79(18,19)20)60-42-56-54(71(10,11)31-33-73(56,14)15)40-58(60)75(64)66-65(49-39-53-57(43-63(49)78-66)74(16,17)34-30-70(53,8)9)76(61)46-23-26-50-51(37-46)68(4,5)28-27-67(50,2)3/h21,23-26,35-41,43,45,52,55-56H,22,27-34,42H2,1-20H3. The summed E-state index contributed by atoms with van der Waals surface area (Å²) in [6.45, 7) is 50.4. The number of nitrogens with zero attached hydrogens (tertiary/aromatic N) is 2. The van der Waals surface area contributed by atoms with Crippen LogP contribution in [-0.2, 0) is 21.7 Å². The normalized spacial score (nSPS) is 28.7. The molecule has 0 bridgehead atoms. The fourth-order valence-electron chi connectivity index (χ4n) is 17.6. The molecule has 0 N–H and O–H groups in total. The quantitative estimate of drug-likeness (QED) is 0.190. The zero-order valence-electron chi connectivity index (χ0n) is 52.8. The van der Waals surface area contributed by atoms with E-state index in [9.17, 15) is 0 Å². The third kappa shape index (κ3) is 8.02. The van der Waals surface area contributed by atoms with Gasteiger partial charge in [-0.05, 0) is 213 Å². The van der Waals surface area contributed by atoms with Crippen molar-refractivity contribution in [3.8, 4) is 0 Å². The van der Waals surface area contributed by atoms with Crippen molar-refractivity contribution in [2.75, 3.05) is 9.80 Å². The van der Waals surface area contributed by atoms with E-state index in [4.69, 9.17) is 4.42 Å². The van der Waals surface area contributed by atoms with Gasteiger partial charge in [-0.25, -0.2) is 0 Å². The molecule has 3 heterocycles. The lowest BCUT2D eigenvalue weighted by Gasteiger charge is -2.56. The number of fused-ring (bicyclic) bond motifs is 9. The van der Waals surface area contributed by atoms with Gasteiger partial charge in [0, 0.05) is 39.8 Å². The van der Waals surface area contributed by atoms with Gasteiger partial charge in [0.1, 0.15) is 5.58 Å². The van der Waals surface area contributed by atoms with Crippen molar-refractivity contribution in [1.29, 1.82) is 0 Å². The molecule has 2 aliphatic heterocycles. The number of aryl methyl sites for hydroxylation is 1. The first kappa shape index (κ1) is 53.8. The molecule has 79 heavy (non-hydrogen) atoms. The highest BCUT2D eigenvalue weighted by Crippen LogP contribution is 2.62. The van der Waals surface area contributed by atoms with E-state index >= 15 is 0 Å². The van der Waals surface area contributed by atoms with Crippen LogP contribution in [0.2, 0.25) is 19.6 Å². The summed E-state index contributed by atoms with van der Waals surface area (Å²) >= 11 is 0. The van der Waals surface area contributed by atoms with Gasteiger partial charge in [-0.3, -0.25) is 0 Å². The van der Waals surface area contributed by atoms with Gasteiger partial charge in [0.15, 0.2) is 0 Å². The molecule has 4 unspecified atom stereocenters. The molecule has 0 radical (unpaired) electrons. The molecule has 2 saturated carbocycles. The Morgan fingerprint density at radius 1 is 0.595 bits per heavy atom. The highest BCUT2D eigenvalue weighted by Gasteiger charge is 2.56. The van der Waals surface area contributed by atoms with Gasteiger partial charge in [0.05, 0.1) is 19.4 Å². The Labute approximate surface area is 479 Å². The number of anilines is 4. The lowest BCUT2D eigenvalue weighted by atomic mass is 9.33. The highest BCUT2D eigenvalue weighted by molar-refractivity contribution is 6.95. The molecule has 2 fully saturated rings. The fraction of sp³-hybridized carbons (Fsp3) is 0.568. The van der Waals surface area contributed by atoms with Crippen LogP contribution in [0.4, 0.5) is 22.7 Å². The van der Waals surface area contributed by atoms with Crippen LogP contribution in [0.25, 0.3) is 11.0 Å². The molecule has 3 nitrogen and oxygen atoms in total. The Morgan fingerprint density at radius 2 is 1.15 bits per heavy atom. The summed E-state index contributed by atoms with van der Waals surface area (Å²) < 4.78 is 7.91. The average molecular weight is 1070 g/mol. The van der Waals surface area contributed by atoms with Crippen molar-refractivity contribution >= 4 is 59.6 Å². The maximum atomic E-state index is 7.91. The molecule has 0 saturated heterocycles. The van der Waals surface area contributed by atoms with E-state index in [0.717, 1.165) is 24.1 Å². The molecule has 3 aromatic carbocycles. The molecule has 9 aliphatic rings. The Kier molecular flexibility index (Phi) is 11.5. The molecule has 416 valence electrons. The number of allylic oxidation sites excluding steroid dienone is 11. The highest BCUT2D eigenvalue weighted by atomic mass is 28.3. The van der Waals surface area contributed by atoms with E-state index in [1.165, 1.54) is 130 Å². The molecule has 0 amide bonds. The van der Waals surface area contributed by atoms with E-state index in [-0.39, 0.29) is 50.0 Å². The molecule has 0 spiro atoms. The second-order valence-electron chi connectivity index (χ2n) is 33.7. The first-order valence-corrected chi connectivity index (χ1v) is 34.9. The Morgan fingerprint density at radius 3 is 1.76 bits per heavy atom. The molecular weight excluding hydrogens is 972 g/mol. The van der Waals surface area contributed by atoms with Crippen LogP contribution >= 0.6 is 0 Å². The second-order valence-corrected chi connectivity index (χ2v) is 38.8. The summed E-state index contributed by atoms with van der Waals surface area (Å²) in [5.74, 6) is 1.62. The number of hydrogen-bond acceptors (Lipinski definition) is 3. The first-order valence-electron chi connectivity index (χ1n) is 31.4. The molecule has 5 heteroatoms. The summed E-state index contributed by atoms with van der Waals surface area (Å²) in [5, 5.41) is 2.86. The number of rotatable bonds is 4. The van der Waals surface area contributed by atoms with E-state index < -0.39 is 8.07 Å². The van der Waals surface area contributed by atoms with Gasteiger partial charge in [-0.1, -0.05) is 184 Å². The minimum atomic E-state index is -1.51. The van der Waals surface area contributed by atoms with Crippen LogP contribution in [0.5, 0.6) is 0 Å². The van der Waals surface area contributed by atoms with Crippen molar-refractivity contribution in [3.63, 3.8) is 0 Å². The third-order valence-corrected chi connectivity index (χ3v) is 25.7. The predicted molar refractivity (Wildman–Crippen MR) is 342 cm³/mol. The molecule has 4 aromatic rings. The molecular formula is C74H97BN2OSi. The van der Waals surface area contributed by atoms with Crippen LogP contribution < -0.4 is 20.9 Å². The van der Waals surface area contributed by atoms with Gasteiger partial charge >= 0.3 is 0 Å². The van der Waals surface area contributed by atoms with E-state index in [1.807, 2.05) is 0 Å². The zero-order chi connectivity index (χ0) is 56.5. The minimum absolute atomic E-state index is 0.0502. The van der Waals surface area contributed by atoms with E-state index in [1.54, 1.807) is 16.3 Å². The minimum Gasteiger partial charge on any atom is -0.468 e. The first-order chi connectivity index (χ1) is 36.6. The van der Waals surface area contributed by atoms with Crippen molar-refractivity contribution in [2.24, 2.45) is 45.3 Å². The molecule has 13 rings (SSSR count). The largest absolute Gasteiger partial charge is 0.468 e. The predicted octanol–water partition coefficient (Wildman–Crippen LogP) is 19.5. The SMILES string of the molecule is Cc1cc2c3c(c1)N(c1ccc4c(c1)C(C)(C)CCC4(C)C)c1c(oc4cc5c(cc14)C(C)(C)CCC5(C)C)B3C1=C(CC3C(=C1)C(C)(C)CCC3(C)C)N2C1=CC2C(C=C1C1C=CC([Si](C)(C)C)=CC1)C(C)(C)CCC2(C)C. The van der Waals surface area contributed by atoms with Crippen LogP contribution in [0.3, 0.4) is 0 Å². The monoisotopic (exact) mass is 1070 g/mol. The Balaban J connectivity index is 1.14. The lowest BCUT2D eigenvalue weighted by molar-refractivity contribution is 0.0316. The number of hydrogen-bond donors (Lipinski definition) is 0. The van der Waals surface area contributed by atoms with Gasteiger partial charge < -0.3 is 14.2 Å². The van der Waals surface area contributed by atoms with Gasteiger partial charge in [0.25, 0.3) is 6.71 Å². The van der Waals surface area contributed by atoms with Crippen LogP contribution in [-0.4, -0.2) is 14.8 Å². The Bertz CT molecular complexity index is 3500. The van der Waals surface area contributed by atoms with Crippen LogP contribution in [0, 0.1) is 52.3 Å². The summed E-state index contributed by atoms with van der Waals surface area (Å²) in [6.07, 6.45) is 28.1. The average Bonchev–Trinajstić information content (AvgIpc) is 2.69. The Hall–Kier alpha value is -4.48. The summed E-state index contributed by atoms with van der Waals surface area (Å²) in [6, 6.07) is 18.0. The topological polar surface area (TPSA) is 19.6 Å². The molecule has 1 aromatic heterocycles. The van der Waals surface area contributed by atoms with Gasteiger partial charge in [0.2, 0.25) is 0 Å². The maximum absolute atomic E-state index is 7.91. The van der Waals surface area contributed by atoms with E-state index in [2.05, 4.69) is 226 Å².